The molecule has 9 nitrogen and oxygen atoms in total. The number of alkyl halides is 3. The predicted octanol–water partition coefficient (Wildman–Crippen LogP) is 4.32. The zero-order valence-corrected chi connectivity index (χ0v) is 23.3. The Morgan fingerprint density at radius 1 is 1.18 bits per heavy atom. The Labute approximate surface area is 228 Å². The summed E-state index contributed by atoms with van der Waals surface area (Å²) in [7, 11) is 3.98. The summed E-state index contributed by atoms with van der Waals surface area (Å²) in [5, 5.41) is 4.06. The molecule has 0 aliphatic carbocycles. The van der Waals surface area contributed by atoms with Crippen molar-refractivity contribution in [3.05, 3.63) is 46.2 Å². The third-order valence-electron chi connectivity index (χ3n) is 6.99. The highest BCUT2D eigenvalue weighted by Crippen LogP contribution is 2.42. The van der Waals surface area contributed by atoms with Crippen LogP contribution in [0.4, 0.5) is 18.2 Å². The second-order valence-electron chi connectivity index (χ2n) is 10.2. The van der Waals surface area contributed by atoms with Gasteiger partial charge in [0.15, 0.2) is 5.82 Å². The largest absolute Gasteiger partial charge is 0.443 e. The van der Waals surface area contributed by atoms with E-state index in [4.69, 9.17) is 0 Å². The number of nitrogens with one attached hydrogen (secondary N) is 1. The van der Waals surface area contributed by atoms with E-state index in [1.807, 2.05) is 58.0 Å². The SMILES string of the molecule is Cc1nn(CC(=O)N2CCN(c3sc(C(F)(F)F)nc3-c3nc4ccccc4[nH]3)CC2C)c(C)c1CN(C)C. The number of hydrogen-bond acceptors (Lipinski definition) is 7. The van der Waals surface area contributed by atoms with E-state index in [-0.39, 0.29) is 24.2 Å². The fraction of sp³-hybridized carbons (Fsp3) is 0.462. The van der Waals surface area contributed by atoms with Gasteiger partial charge in [-0.15, -0.1) is 0 Å². The molecule has 3 aromatic heterocycles. The van der Waals surface area contributed by atoms with Crippen molar-refractivity contribution in [1.29, 1.82) is 0 Å². The fourth-order valence-corrected chi connectivity index (χ4v) is 6.00. The van der Waals surface area contributed by atoms with Crippen molar-refractivity contribution in [2.24, 2.45) is 0 Å². The quantitative estimate of drug-likeness (QED) is 0.378. The number of H-pyrrole nitrogens is 1. The van der Waals surface area contributed by atoms with Gasteiger partial charge < -0.3 is 19.7 Å². The first kappa shape index (κ1) is 27.1. The lowest BCUT2D eigenvalue weighted by molar-refractivity contribution is -0.137. The molecule has 13 heteroatoms. The van der Waals surface area contributed by atoms with Gasteiger partial charge in [-0.2, -0.15) is 18.3 Å². The summed E-state index contributed by atoms with van der Waals surface area (Å²) in [5.41, 5.74) is 4.51. The molecule has 0 spiro atoms. The van der Waals surface area contributed by atoms with Gasteiger partial charge in [0.1, 0.15) is 17.2 Å². The summed E-state index contributed by atoms with van der Waals surface area (Å²) in [4.78, 5) is 30.6. The van der Waals surface area contributed by atoms with E-state index in [1.54, 1.807) is 15.6 Å². The molecule has 0 radical (unpaired) electrons. The van der Waals surface area contributed by atoms with E-state index in [2.05, 4.69) is 25.0 Å². The molecular formula is C26H31F3N8OS. The van der Waals surface area contributed by atoms with E-state index < -0.39 is 11.2 Å². The molecule has 1 amide bonds. The Kier molecular flexibility index (Phi) is 7.14. The van der Waals surface area contributed by atoms with Crippen LogP contribution in [0.25, 0.3) is 22.6 Å². The molecule has 0 bridgehead atoms. The smallest absolute Gasteiger partial charge is 0.358 e. The Balaban J connectivity index is 1.36. The maximum absolute atomic E-state index is 13.7. The first-order valence-electron chi connectivity index (χ1n) is 12.7. The number of thiazole rings is 1. The van der Waals surface area contributed by atoms with Crippen LogP contribution in [0.15, 0.2) is 24.3 Å². The number of aromatic amines is 1. The standard InChI is InChI=1S/C26H31F3N8OS/c1-15-12-35(10-11-36(15)21(38)14-37-17(3)18(13-34(4)5)16(2)33-37)24-22(32-25(39-24)26(27,28)29)23-30-19-8-6-7-9-20(19)31-23/h6-9,15H,10-14H2,1-5H3,(H,30,31). The number of para-hydroxylation sites is 2. The summed E-state index contributed by atoms with van der Waals surface area (Å²) < 4.78 is 42.8. The van der Waals surface area contributed by atoms with E-state index >= 15 is 0 Å². The number of nitrogens with zero attached hydrogens (tertiary/aromatic N) is 7. The summed E-state index contributed by atoms with van der Waals surface area (Å²) in [6.45, 7) is 7.81. The molecule has 1 fully saturated rings. The fourth-order valence-electron chi connectivity index (χ4n) is 5.03. The number of amides is 1. The van der Waals surface area contributed by atoms with Crippen LogP contribution >= 0.6 is 11.3 Å². The minimum Gasteiger partial charge on any atom is -0.358 e. The number of rotatable bonds is 6. The number of aryl methyl sites for hydroxylation is 1. The van der Waals surface area contributed by atoms with Crippen LogP contribution in [-0.2, 0) is 24.1 Å². The minimum atomic E-state index is -4.57. The maximum Gasteiger partial charge on any atom is 0.443 e. The molecule has 1 atom stereocenters. The molecule has 1 aromatic carbocycles. The van der Waals surface area contributed by atoms with Gasteiger partial charge in [0.05, 0.1) is 16.7 Å². The second-order valence-corrected chi connectivity index (χ2v) is 11.2. The van der Waals surface area contributed by atoms with Gasteiger partial charge in [-0.1, -0.05) is 23.5 Å². The molecule has 208 valence electrons. The van der Waals surface area contributed by atoms with E-state index in [0.29, 0.717) is 47.3 Å². The van der Waals surface area contributed by atoms with Crippen molar-refractivity contribution >= 4 is 33.3 Å². The molecule has 4 heterocycles. The van der Waals surface area contributed by atoms with Gasteiger partial charge >= 0.3 is 6.18 Å². The number of hydrogen-bond donors (Lipinski definition) is 1. The highest BCUT2D eigenvalue weighted by molar-refractivity contribution is 7.16. The van der Waals surface area contributed by atoms with Crippen LogP contribution in [0.5, 0.6) is 0 Å². The van der Waals surface area contributed by atoms with E-state index in [0.717, 1.165) is 29.0 Å². The minimum absolute atomic E-state index is 0.0676. The highest BCUT2D eigenvalue weighted by atomic mass is 32.1. The highest BCUT2D eigenvalue weighted by Gasteiger charge is 2.39. The topological polar surface area (TPSA) is 86.2 Å². The lowest BCUT2D eigenvalue weighted by Gasteiger charge is -2.40. The molecule has 1 unspecified atom stereocenters. The molecular weight excluding hydrogens is 529 g/mol. The lowest BCUT2D eigenvalue weighted by Crippen LogP contribution is -2.54. The van der Waals surface area contributed by atoms with Crippen LogP contribution in [0.2, 0.25) is 0 Å². The zero-order chi connectivity index (χ0) is 28.1. The van der Waals surface area contributed by atoms with Gasteiger partial charge in [0.2, 0.25) is 10.9 Å². The van der Waals surface area contributed by atoms with Crippen LogP contribution in [0.3, 0.4) is 0 Å². The number of anilines is 1. The number of piperazine rings is 1. The average molecular weight is 561 g/mol. The number of carbonyl (C=O) groups excluding carboxylic acids is 1. The van der Waals surface area contributed by atoms with Crippen LogP contribution in [0.1, 0.15) is 28.9 Å². The normalized spacial score (nSPS) is 16.6. The number of halogens is 3. The van der Waals surface area contributed by atoms with Crippen LogP contribution < -0.4 is 4.90 Å². The Hall–Kier alpha value is -3.45. The third kappa shape index (κ3) is 5.37. The van der Waals surface area contributed by atoms with Crippen molar-refractivity contribution in [2.75, 3.05) is 38.6 Å². The summed E-state index contributed by atoms with van der Waals surface area (Å²) in [6.07, 6.45) is -4.57. The number of aromatic nitrogens is 5. The zero-order valence-electron chi connectivity index (χ0n) is 22.5. The van der Waals surface area contributed by atoms with Crippen molar-refractivity contribution in [1.82, 2.24) is 34.5 Å². The molecule has 4 aromatic rings. The van der Waals surface area contributed by atoms with Gasteiger partial charge in [-0.05, 0) is 47.0 Å². The second kappa shape index (κ2) is 10.3. The van der Waals surface area contributed by atoms with E-state index in [9.17, 15) is 18.0 Å². The number of benzene rings is 1. The molecule has 1 N–H and O–H groups in total. The lowest BCUT2D eigenvalue weighted by atomic mass is 10.1. The summed E-state index contributed by atoms with van der Waals surface area (Å²) in [6, 6.07) is 7.06. The van der Waals surface area contributed by atoms with Crippen molar-refractivity contribution in [3.63, 3.8) is 0 Å². The Morgan fingerprint density at radius 2 is 1.92 bits per heavy atom. The number of carbonyl (C=O) groups is 1. The molecule has 5 rings (SSSR count). The van der Waals surface area contributed by atoms with Crippen molar-refractivity contribution < 1.29 is 18.0 Å². The molecule has 1 aliphatic rings. The molecule has 1 aliphatic heterocycles. The first-order chi connectivity index (χ1) is 18.4. The number of imidazole rings is 1. The van der Waals surface area contributed by atoms with Crippen molar-refractivity contribution in [2.45, 2.75) is 46.1 Å². The third-order valence-corrected chi connectivity index (χ3v) is 8.15. The van der Waals surface area contributed by atoms with Gasteiger partial charge in [-0.3, -0.25) is 9.48 Å². The molecule has 1 saturated heterocycles. The van der Waals surface area contributed by atoms with Gasteiger partial charge in [0, 0.05) is 43.5 Å². The number of fused-ring (bicyclic) bond motifs is 1. The average Bonchev–Trinajstić information content (AvgIpc) is 3.56. The molecule has 0 saturated carbocycles. The van der Waals surface area contributed by atoms with E-state index in [1.165, 1.54) is 0 Å². The maximum atomic E-state index is 13.7. The Morgan fingerprint density at radius 3 is 2.59 bits per heavy atom. The first-order valence-corrected chi connectivity index (χ1v) is 13.5. The van der Waals surface area contributed by atoms with Crippen molar-refractivity contribution in [3.8, 4) is 11.5 Å². The monoisotopic (exact) mass is 560 g/mol. The summed E-state index contributed by atoms with van der Waals surface area (Å²) >= 11 is 0.611. The Bertz CT molecular complexity index is 1470. The van der Waals surface area contributed by atoms with Gasteiger partial charge in [0.25, 0.3) is 0 Å². The van der Waals surface area contributed by atoms with Crippen LogP contribution in [-0.4, -0.2) is 80.2 Å². The predicted molar refractivity (Wildman–Crippen MR) is 145 cm³/mol. The van der Waals surface area contributed by atoms with Gasteiger partial charge in [-0.25, -0.2) is 9.97 Å². The van der Waals surface area contributed by atoms with Crippen LogP contribution in [0, 0.1) is 13.8 Å². The summed E-state index contributed by atoms with van der Waals surface area (Å²) in [5.74, 6) is 0.226. The molecule has 39 heavy (non-hydrogen) atoms.